The van der Waals surface area contributed by atoms with Crippen molar-refractivity contribution in [2.24, 2.45) is 4.99 Å². The van der Waals surface area contributed by atoms with E-state index in [4.69, 9.17) is 9.98 Å². The van der Waals surface area contributed by atoms with Crippen molar-refractivity contribution in [2.75, 3.05) is 57.1 Å². The van der Waals surface area contributed by atoms with Crippen LogP contribution < -0.4 is 9.80 Å². The smallest absolute Gasteiger partial charge is 0.138 e. The highest BCUT2D eigenvalue weighted by Gasteiger charge is 2.21. The van der Waals surface area contributed by atoms with Crippen molar-refractivity contribution in [1.29, 1.82) is 0 Å². The van der Waals surface area contributed by atoms with Crippen molar-refractivity contribution in [2.45, 2.75) is 6.42 Å². The molecule has 3 heterocycles. The number of fused-ring (bicyclic) bond motifs is 2. The van der Waals surface area contributed by atoms with Crippen molar-refractivity contribution in [3.05, 3.63) is 71.5 Å². The molecule has 0 aliphatic carbocycles. The van der Waals surface area contributed by atoms with Gasteiger partial charge in [0, 0.05) is 69.2 Å². The quantitative estimate of drug-likeness (QED) is 0.465. The normalized spacial score (nSPS) is 16.0. The number of halogens is 1. The summed E-state index contributed by atoms with van der Waals surface area (Å²) >= 11 is 0. The summed E-state index contributed by atoms with van der Waals surface area (Å²) in [5.41, 5.74) is 8.40. The number of likely N-dealkylation sites (N-methyl/N-ethyl adjacent to an activating group) is 1. The summed E-state index contributed by atoms with van der Waals surface area (Å²) in [5, 5.41) is 0. The average molecular weight is 469 g/mol. The molecular weight excluding hydrogens is 439 g/mol. The lowest BCUT2D eigenvalue weighted by molar-refractivity contribution is 0.313. The highest BCUT2D eigenvalue weighted by atomic mass is 19.1. The second-order valence-electron chi connectivity index (χ2n) is 9.71. The lowest BCUT2D eigenvalue weighted by Crippen LogP contribution is -2.44. The molecule has 7 heteroatoms. The minimum absolute atomic E-state index is 0.239. The van der Waals surface area contributed by atoms with E-state index in [-0.39, 0.29) is 5.82 Å². The lowest BCUT2D eigenvalue weighted by Gasteiger charge is -2.34. The Morgan fingerprint density at radius 1 is 0.943 bits per heavy atom. The number of H-pyrrole nitrogens is 1. The first-order valence-corrected chi connectivity index (χ1v) is 12.1. The number of imidazole rings is 1. The first-order chi connectivity index (χ1) is 16.9. The second kappa shape index (κ2) is 8.50. The molecular formula is C28H29FN6. The molecule has 0 radical (unpaired) electrons. The number of piperazine rings is 1. The van der Waals surface area contributed by atoms with Gasteiger partial charge in [0.2, 0.25) is 0 Å². The van der Waals surface area contributed by atoms with Crippen molar-refractivity contribution >= 4 is 33.8 Å². The van der Waals surface area contributed by atoms with E-state index in [1.807, 2.05) is 43.3 Å². The molecule has 6 nitrogen and oxygen atoms in total. The van der Waals surface area contributed by atoms with Gasteiger partial charge in [-0.25, -0.2) is 9.37 Å². The number of hydrogen-bond acceptors (Lipinski definition) is 5. The predicted molar refractivity (Wildman–Crippen MR) is 142 cm³/mol. The van der Waals surface area contributed by atoms with Gasteiger partial charge in [-0.1, -0.05) is 0 Å². The van der Waals surface area contributed by atoms with Crippen molar-refractivity contribution in [3.63, 3.8) is 0 Å². The molecule has 0 spiro atoms. The van der Waals surface area contributed by atoms with Gasteiger partial charge in [-0.15, -0.1) is 0 Å². The van der Waals surface area contributed by atoms with E-state index in [9.17, 15) is 4.39 Å². The monoisotopic (exact) mass is 468 g/mol. The number of aromatic amines is 1. The SMILES string of the molecule is CN1CCN(c2ccc3nc(-c4ccc5c(c4)CC(c4ccc(N(C)C)cc4F)=N5)[nH]c3c2)CC1. The van der Waals surface area contributed by atoms with Gasteiger partial charge in [-0.2, -0.15) is 0 Å². The van der Waals surface area contributed by atoms with Gasteiger partial charge >= 0.3 is 0 Å². The lowest BCUT2D eigenvalue weighted by atomic mass is 10.0. The summed E-state index contributed by atoms with van der Waals surface area (Å²) in [6.07, 6.45) is 0.606. The molecule has 1 fully saturated rings. The molecule has 0 amide bonds. The molecule has 1 N–H and O–H groups in total. The van der Waals surface area contributed by atoms with E-state index in [0.29, 0.717) is 12.0 Å². The number of nitrogens with zero attached hydrogens (tertiary/aromatic N) is 5. The van der Waals surface area contributed by atoms with Crippen LogP contribution in [-0.4, -0.2) is 67.9 Å². The third kappa shape index (κ3) is 4.06. The van der Waals surface area contributed by atoms with E-state index in [1.165, 1.54) is 5.69 Å². The topological polar surface area (TPSA) is 50.8 Å². The Labute approximate surface area is 204 Å². The van der Waals surface area contributed by atoms with E-state index in [2.05, 4.69) is 46.1 Å². The summed E-state index contributed by atoms with van der Waals surface area (Å²) in [6.45, 7) is 4.23. The van der Waals surface area contributed by atoms with Crippen molar-refractivity contribution in [1.82, 2.24) is 14.9 Å². The summed E-state index contributed by atoms with van der Waals surface area (Å²) in [7, 11) is 5.98. The zero-order valence-electron chi connectivity index (χ0n) is 20.3. The number of rotatable bonds is 4. The van der Waals surface area contributed by atoms with Gasteiger partial charge in [-0.3, -0.25) is 4.99 Å². The maximum absolute atomic E-state index is 14.8. The largest absolute Gasteiger partial charge is 0.378 e. The zero-order chi connectivity index (χ0) is 24.1. The molecule has 178 valence electrons. The maximum atomic E-state index is 14.8. The van der Waals surface area contributed by atoms with Crippen LogP contribution in [0.15, 0.2) is 59.6 Å². The van der Waals surface area contributed by atoms with Gasteiger partial charge in [0.15, 0.2) is 0 Å². The van der Waals surface area contributed by atoms with Crippen LogP contribution in [0.2, 0.25) is 0 Å². The fraction of sp³-hybridized carbons (Fsp3) is 0.286. The van der Waals surface area contributed by atoms with E-state index in [0.717, 1.165) is 71.3 Å². The van der Waals surface area contributed by atoms with E-state index in [1.54, 1.807) is 6.07 Å². The molecule has 1 aromatic heterocycles. The summed E-state index contributed by atoms with van der Waals surface area (Å²) in [5.74, 6) is 0.602. The Bertz CT molecular complexity index is 1450. The van der Waals surface area contributed by atoms with Crippen LogP contribution in [-0.2, 0) is 6.42 Å². The molecule has 3 aromatic carbocycles. The highest BCUT2D eigenvalue weighted by molar-refractivity contribution is 6.07. The third-order valence-electron chi connectivity index (χ3n) is 7.08. The number of hydrogen-bond donors (Lipinski definition) is 1. The van der Waals surface area contributed by atoms with Crippen molar-refractivity contribution < 1.29 is 4.39 Å². The summed E-state index contributed by atoms with van der Waals surface area (Å²) in [4.78, 5) is 19.8. The first-order valence-electron chi connectivity index (χ1n) is 12.1. The van der Waals surface area contributed by atoms with Crippen LogP contribution in [0.1, 0.15) is 11.1 Å². The number of nitrogens with one attached hydrogen (secondary N) is 1. The molecule has 35 heavy (non-hydrogen) atoms. The van der Waals surface area contributed by atoms with Gasteiger partial charge < -0.3 is 19.7 Å². The summed E-state index contributed by atoms with van der Waals surface area (Å²) < 4.78 is 14.8. The standard InChI is InChI=1S/C28H29FN6/c1-33(2)20-5-7-22(23(29)16-20)26-15-19-14-18(4-8-24(19)30-26)28-31-25-9-6-21(17-27(25)32-28)35-12-10-34(3)11-13-35/h4-9,14,16-17H,10-13,15H2,1-3H3,(H,31,32). The fourth-order valence-corrected chi connectivity index (χ4v) is 4.92. The Morgan fingerprint density at radius 2 is 1.77 bits per heavy atom. The molecule has 2 aliphatic rings. The van der Waals surface area contributed by atoms with Crippen LogP contribution in [0.3, 0.4) is 0 Å². The van der Waals surface area contributed by atoms with E-state index < -0.39 is 0 Å². The molecule has 6 rings (SSSR count). The van der Waals surface area contributed by atoms with E-state index >= 15 is 0 Å². The highest BCUT2D eigenvalue weighted by Crippen LogP contribution is 2.34. The Balaban J connectivity index is 1.25. The molecule has 0 saturated carbocycles. The Morgan fingerprint density at radius 3 is 2.54 bits per heavy atom. The molecule has 0 unspecified atom stereocenters. The van der Waals surface area contributed by atoms with Gasteiger partial charge in [0.1, 0.15) is 11.6 Å². The summed E-state index contributed by atoms with van der Waals surface area (Å²) in [6, 6.07) is 17.9. The third-order valence-corrected chi connectivity index (χ3v) is 7.08. The Hall–Kier alpha value is -3.71. The number of benzene rings is 3. The molecule has 0 bridgehead atoms. The van der Waals surface area contributed by atoms with Crippen molar-refractivity contribution in [3.8, 4) is 11.4 Å². The van der Waals surface area contributed by atoms with Crippen LogP contribution in [0, 0.1) is 5.82 Å². The minimum Gasteiger partial charge on any atom is -0.378 e. The number of aliphatic imine (C=N–C) groups is 1. The second-order valence-corrected chi connectivity index (χ2v) is 9.71. The van der Waals surface area contributed by atoms with Gasteiger partial charge in [0.25, 0.3) is 0 Å². The average Bonchev–Trinajstić information content (AvgIpc) is 3.47. The fourth-order valence-electron chi connectivity index (χ4n) is 4.92. The molecule has 2 aliphatic heterocycles. The van der Waals surface area contributed by atoms with Crippen LogP contribution in [0.5, 0.6) is 0 Å². The number of anilines is 2. The first kappa shape index (κ1) is 21.8. The van der Waals surface area contributed by atoms with Crippen LogP contribution in [0.4, 0.5) is 21.5 Å². The van der Waals surface area contributed by atoms with Crippen LogP contribution >= 0.6 is 0 Å². The predicted octanol–water partition coefficient (Wildman–Crippen LogP) is 4.86. The van der Waals surface area contributed by atoms with Gasteiger partial charge in [0.05, 0.1) is 22.4 Å². The minimum atomic E-state index is -0.239. The zero-order valence-corrected chi connectivity index (χ0v) is 20.3. The molecule has 1 saturated heterocycles. The molecule has 4 aromatic rings. The Kier molecular flexibility index (Phi) is 5.29. The molecule has 0 atom stereocenters. The maximum Gasteiger partial charge on any atom is 0.138 e. The van der Waals surface area contributed by atoms with Gasteiger partial charge in [-0.05, 0) is 67.2 Å². The number of aromatic nitrogens is 2. The van der Waals surface area contributed by atoms with Crippen LogP contribution in [0.25, 0.3) is 22.4 Å².